The minimum Gasteiger partial charge on any atom is -0.353 e. The van der Waals surface area contributed by atoms with Crippen LogP contribution in [-0.2, 0) is 0 Å². The minimum atomic E-state index is 0.561. The maximum Gasteiger partial charge on any atom is 0.205 e. The highest BCUT2D eigenvalue weighted by Crippen LogP contribution is 2.18. The highest BCUT2D eigenvalue weighted by Gasteiger charge is 2.21. The van der Waals surface area contributed by atoms with E-state index in [1.54, 1.807) is 0 Å². The summed E-state index contributed by atoms with van der Waals surface area (Å²) in [5.74, 6) is 6.09. The maximum absolute atomic E-state index is 5.37. The number of guanidine groups is 1. The molecule has 0 heterocycles. The van der Waals surface area contributed by atoms with E-state index >= 15 is 0 Å². The summed E-state index contributed by atoms with van der Waals surface area (Å²) >= 11 is 0. The predicted molar refractivity (Wildman–Crippen MR) is 63.5 cm³/mol. The smallest absolute Gasteiger partial charge is 0.205 e. The molecule has 0 aliphatic heterocycles. The third-order valence-electron chi connectivity index (χ3n) is 2.66. The molecule has 1 rings (SSSR count). The first-order chi connectivity index (χ1) is 7.13. The quantitative estimate of drug-likeness (QED) is 0.258. The molecule has 1 fully saturated rings. The van der Waals surface area contributed by atoms with Crippen LogP contribution in [0.5, 0.6) is 0 Å². The van der Waals surface area contributed by atoms with Crippen LogP contribution in [0.3, 0.4) is 0 Å². The average molecular weight is 213 g/mol. The topological polar surface area (TPSA) is 65.7 Å². The van der Waals surface area contributed by atoms with Crippen LogP contribution in [0.25, 0.3) is 0 Å². The first-order valence-electron chi connectivity index (χ1n) is 5.61. The molecule has 0 saturated heterocycles. The summed E-state index contributed by atoms with van der Waals surface area (Å²) in [5, 5.41) is 3.24. The van der Waals surface area contributed by atoms with E-state index in [1.807, 2.05) is 0 Å². The summed E-state index contributed by atoms with van der Waals surface area (Å²) in [7, 11) is 2.10. The summed E-state index contributed by atoms with van der Waals surface area (Å²) in [5.41, 5.74) is 2.60. The van der Waals surface area contributed by atoms with Crippen molar-refractivity contribution in [2.24, 2.45) is 10.8 Å². The molecular formula is C10H23N5. The molecule has 0 unspecified atom stereocenters. The zero-order valence-corrected chi connectivity index (χ0v) is 9.95. The normalized spacial score (nSPS) is 17.3. The van der Waals surface area contributed by atoms with Crippen molar-refractivity contribution in [3.05, 3.63) is 0 Å². The average Bonchev–Trinajstić information content (AvgIpc) is 2.99. The lowest BCUT2D eigenvalue weighted by atomic mass is 10.3. The van der Waals surface area contributed by atoms with Gasteiger partial charge in [-0.2, -0.15) is 0 Å². The Morgan fingerprint density at radius 3 is 2.67 bits per heavy atom. The number of hydrogen-bond acceptors (Lipinski definition) is 3. The van der Waals surface area contributed by atoms with Crippen molar-refractivity contribution >= 4 is 5.96 Å². The standard InChI is InChI=1S/C10H23N5/c1-8(2)15(3)7-6-12-10(14-11)13-9-4-5-9/h8-9H,4-7,11H2,1-3H3,(H2,12,13,14). The number of likely N-dealkylation sites (N-methyl/N-ethyl adjacent to an activating group) is 1. The zero-order valence-electron chi connectivity index (χ0n) is 9.95. The summed E-state index contributed by atoms with van der Waals surface area (Å²) in [6.45, 7) is 6.08. The fourth-order valence-electron chi connectivity index (χ4n) is 1.13. The molecule has 15 heavy (non-hydrogen) atoms. The molecule has 4 N–H and O–H groups in total. The van der Waals surface area contributed by atoms with Gasteiger partial charge in [0.1, 0.15) is 0 Å². The van der Waals surface area contributed by atoms with E-state index in [0.29, 0.717) is 12.1 Å². The number of hydrazine groups is 1. The van der Waals surface area contributed by atoms with Gasteiger partial charge in [0.05, 0.1) is 6.54 Å². The summed E-state index contributed by atoms with van der Waals surface area (Å²) in [6.07, 6.45) is 2.46. The Bertz CT molecular complexity index is 210. The number of nitrogens with one attached hydrogen (secondary N) is 2. The van der Waals surface area contributed by atoms with Gasteiger partial charge in [-0.05, 0) is 33.7 Å². The second-order valence-corrected chi connectivity index (χ2v) is 4.37. The van der Waals surface area contributed by atoms with E-state index in [4.69, 9.17) is 5.84 Å². The van der Waals surface area contributed by atoms with Crippen molar-refractivity contribution in [1.29, 1.82) is 0 Å². The Hall–Kier alpha value is -0.810. The highest BCUT2D eigenvalue weighted by molar-refractivity contribution is 5.79. The van der Waals surface area contributed by atoms with E-state index in [2.05, 4.69) is 41.5 Å². The number of rotatable bonds is 5. The fourth-order valence-corrected chi connectivity index (χ4v) is 1.13. The molecule has 0 atom stereocenters. The van der Waals surface area contributed by atoms with Crippen LogP contribution < -0.4 is 16.6 Å². The molecule has 0 aromatic carbocycles. The van der Waals surface area contributed by atoms with Crippen LogP contribution in [-0.4, -0.2) is 43.1 Å². The highest BCUT2D eigenvalue weighted by atomic mass is 15.3. The number of hydrogen-bond donors (Lipinski definition) is 3. The fraction of sp³-hybridized carbons (Fsp3) is 0.900. The Labute approximate surface area is 92.1 Å². The molecule has 1 saturated carbocycles. The van der Waals surface area contributed by atoms with Crippen LogP contribution in [0.15, 0.2) is 4.99 Å². The molecule has 0 aromatic rings. The van der Waals surface area contributed by atoms with Crippen molar-refractivity contribution in [2.75, 3.05) is 20.1 Å². The van der Waals surface area contributed by atoms with Gasteiger partial charge in [0.25, 0.3) is 0 Å². The Morgan fingerprint density at radius 2 is 2.20 bits per heavy atom. The van der Waals surface area contributed by atoms with Crippen LogP contribution in [0.4, 0.5) is 0 Å². The van der Waals surface area contributed by atoms with Crippen molar-refractivity contribution in [1.82, 2.24) is 15.6 Å². The van der Waals surface area contributed by atoms with Crippen LogP contribution in [0.2, 0.25) is 0 Å². The molecule has 1 aliphatic rings. The molecule has 5 nitrogen and oxygen atoms in total. The van der Waals surface area contributed by atoms with E-state index in [0.717, 1.165) is 19.0 Å². The third-order valence-corrected chi connectivity index (χ3v) is 2.66. The Balaban J connectivity index is 2.20. The molecule has 0 bridgehead atoms. The zero-order chi connectivity index (χ0) is 11.3. The van der Waals surface area contributed by atoms with Crippen LogP contribution >= 0.6 is 0 Å². The second kappa shape index (κ2) is 5.92. The molecule has 0 amide bonds. The van der Waals surface area contributed by atoms with Gasteiger partial charge in [0.15, 0.2) is 0 Å². The summed E-state index contributed by atoms with van der Waals surface area (Å²) in [6, 6.07) is 1.15. The van der Waals surface area contributed by atoms with Crippen molar-refractivity contribution in [3.63, 3.8) is 0 Å². The second-order valence-electron chi connectivity index (χ2n) is 4.37. The van der Waals surface area contributed by atoms with E-state index < -0.39 is 0 Å². The van der Waals surface area contributed by atoms with Gasteiger partial charge in [-0.3, -0.25) is 10.4 Å². The van der Waals surface area contributed by atoms with Gasteiger partial charge in [-0.1, -0.05) is 0 Å². The number of aliphatic imine (C=N–C) groups is 1. The van der Waals surface area contributed by atoms with Gasteiger partial charge >= 0.3 is 0 Å². The lowest BCUT2D eigenvalue weighted by Crippen LogP contribution is -2.43. The van der Waals surface area contributed by atoms with Gasteiger partial charge < -0.3 is 10.2 Å². The molecule has 0 spiro atoms. The van der Waals surface area contributed by atoms with E-state index in [9.17, 15) is 0 Å². The summed E-state index contributed by atoms with van der Waals surface area (Å²) in [4.78, 5) is 6.63. The third kappa shape index (κ3) is 4.99. The lowest BCUT2D eigenvalue weighted by molar-refractivity contribution is 0.282. The molecule has 0 radical (unpaired) electrons. The van der Waals surface area contributed by atoms with E-state index in [1.165, 1.54) is 12.8 Å². The van der Waals surface area contributed by atoms with Crippen molar-refractivity contribution < 1.29 is 0 Å². The Morgan fingerprint density at radius 1 is 1.53 bits per heavy atom. The van der Waals surface area contributed by atoms with Gasteiger partial charge in [-0.25, -0.2) is 5.84 Å². The number of nitrogens with two attached hydrogens (primary N) is 1. The van der Waals surface area contributed by atoms with Crippen molar-refractivity contribution in [2.45, 2.75) is 38.8 Å². The van der Waals surface area contributed by atoms with E-state index in [-0.39, 0.29) is 0 Å². The Kier molecular flexibility index (Phi) is 4.84. The molecular weight excluding hydrogens is 190 g/mol. The molecule has 88 valence electrons. The first kappa shape index (κ1) is 12.3. The van der Waals surface area contributed by atoms with Crippen LogP contribution in [0, 0.1) is 0 Å². The van der Waals surface area contributed by atoms with Gasteiger partial charge in [-0.15, -0.1) is 0 Å². The summed E-state index contributed by atoms with van der Waals surface area (Å²) < 4.78 is 0. The van der Waals surface area contributed by atoms with Gasteiger partial charge in [0.2, 0.25) is 5.96 Å². The molecule has 0 aromatic heterocycles. The van der Waals surface area contributed by atoms with Gasteiger partial charge in [0, 0.05) is 18.6 Å². The number of nitrogens with zero attached hydrogens (tertiary/aromatic N) is 2. The lowest BCUT2D eigenvalue weighted by Gasteiger charge is -2.19. The predicted octanol–water partition coefficient (Wildman–Crippen LogP) is -0.102. The minimum absolute atomic E-state index is 0.561. The first-order valence-corrected chi connectivity index (χ1v) is 5.61. The van der Waals surface area contributed by atoms with Crippen LogP contribution in [0.1, 0.15) is 26.7 Å². The largest absolute Gasteiger partial charge is 0.353 e. The molecule has 5 heteroatoms. The molecule has 1 aliphatic carbocycles. The van der Waals surface area contributed by atoms with Crippen molar-refractivity contribution in [3.8, 4) is 0 Å². The monoisotopic (exact) mass is 213 g/mol. The maximum atomic E-state index is 5.37. The SMILES string of the molecule is CC(C)N(C)CCN=C(NN)NC1CC1.